The summed E-state index contributed by atoms with van der Waals surface area (Å²) in [4.78, 5) is 0. The second-order valence-electron chi connectivity index (χ2n) is 1.16. The molecule has 1 aliphatic heterocycles. The molecule has 1 aliphatic rings. The van der Waals surface area contributed by atoms with E-state index in [1.54, 1.807) is 6.26 Å². The predicted molar refractivity (Wildman–Crippen MR) is 33.2 cm³/mol. The van der Waals surface area contributed by atoms with Gasteiger partial charge in [-0.15, -0.1) is 0 Å². The quantitative estimate of drug-likeness (QED) is 0.497. The van der Waals surface area contributed by atoms with Crippen molar-refractivity contribution in [2.45, 2.75) is 0 Å². The fourth-order valence-electron chi connectivity index (χ4n) is 0.346. The van der Waals surface area contributed by atoms with E-state index in [9.17, 15) is 0 Å². The van der Waals surface area contributed by atoms with E-state index >= 15 is 0 Å². The highest BCUT2D eigenvalue weighted by atomic mass is 32.1. The fraction of sp³-hybridized carbons (Fsp3) is 0.200. The molecular formula is C5H6O3S. The zero-order valence-corrected chi connectivity index (χ0v) is 5.47. The summed E-state index contributed by atoms with van der Waals surface area (Å²) >= 11 is -0.750. The van der Waals surface area contributed by atoms with E-state index in [2.05, 4.69) is 0 Å². The minimum atomic E-state index is -0.750. The molecule has 0 unspecified atom stereocenters. The summed E-state index contributed by atoms with van der Waals surface area (Å²) in [5.74, 6) is 0. The maximum atomic E-state index is 8.29. The Morgan fingerprint density at radius 1 is 1.33 bits per heavy atom. The summed E-state index contributed by atoms with van der Waals surface area (Å²) < 4.78 is 21.4. The SMILES string of the molecule is C1=CCOC=C1.O=S=O. The fourth-order valence-corrected chi connectivity index (χ4v) is 0.346. The van der Waals surface area contributed by atoms with Gasteiger partial charge in [-0.2, -0.15) is 8.42 Å². The molecule has 0 aromatic heterocycles. The minimum Gasteiger partial charge on any atom is -0.497 e. The maximum absolute atomic E-state index is 8.29. The second-order valence-corrected chi connectivity index (χ2v) is 1.29. The van der Waals surface area contributed by atoms with Crippen molar-refractivity contribution in [1.82, 2.24) is 0 Å². The molecule has 0 amide bonds. The molecule has 0 bridgehead atoms. The van der Waals surface area contributed by atoms with Gasteiger partial charge in [-0.1, -0.05) is 6.08 Å². The smallest absolute Gasteiger partial charge is 0.335 e. The highest BCUT2D eigenvalue weighted by Gasteiger charge is 1.75. The summed E-state index contributed by atoms with van der Waals surface area (Å²) in [6.45, 7) is 0.733. The van der Waals surface area contributed by atoms with Crippen molar-refractivity contribution in [3.05, 3.63) is 24.5 Å². The van der Waals surface area contributed by atoms with Crippen molar-refractivity contribution in [2.75, 3.05) is 6.61 Å². The van der Waals surface area contributed by atoms with Crippen LogP contribution < -0.4 is 0 Å². The molecule has 1 rings (SSSR count). The summed E-state index contributed by atoms with van der Waals surface area (Å²) in [5.41, 5.74) is 0. The van der Waals surface area contributed by atoms with Crippen molar-refractivity contribution in [3.63, 3.8) is 0 Å². The zero-order chi connectivity index (χ0) is 6.95. The van der Waals surface area contributed by atoms with Crippen molar-refractivity contribution in [2.24, 2.45) is 0 Å². The van der Waals surface area contributed by atoms with Gasteiger partial charge < -0.3 is 4.74 Å². The van der Waals surface area contributed by atoms with E-state index in [1.807, 2.05) is 18.2 Å². The molecule has 0 fully saturated rings. The molecule has 9 heavy (non-hydrogen) atoms. The monoisotopic (exact) mass is 146 g/mol. The Balaban J connectivity index is 0.000000187. The molecule has 0 aliphatic carbocycles. The molecule has 0 N–H and O–H groups in total. The molecule has 0 aromatic rings. The van der Waals surface area contributed by atoms with Crippen LogP contribution >= 0.6 is 0 Å². The molecule has 0 atom stereocenters. The normalized spacial score (nSPS) is 12.9. The third kappa shape index (κ3) is 7.10. The van der Waals surface area contributed by atoms with Crippen LogP contribution in [-0.4, -0.2) is 15.0 Å². The van der Waals surface area contributed by atoms with Crippen LogP contribution in [0.2, 0.25) is 0 Å². The lowest BCUT2D eigenvalue weighted by molar-refractivity contribution is 0.286. The Labute approximate surface area is 56.6 Å². The van der Waals surface area contributed by atoms with Gasteiger partial charge in [0, 0.05) is 0 Å². The number of hydrogen-bond donors (Lipinski definition) is 0. The number of ether oxygens (including phenoxy) is 1. The summed E-state index contributed by atoms with van der Waals surface area (Å²) in [6, 6.07) is 0. The van der Waals surface area contributed by atoms with Gasteiger partial charge in [-0.25, -0.2) is 0 Å². The molecule has 3 nitrogen and oxygen atoms in total. The zero-order valence-electron chi connectivity index (χ0n) is 4.65. The van der Waals surface area contributed by atoms with E-state index in [0.717, 1.165) is 6.61 Å². The predicted octanol–water partition coefficient (Wildman–Crippen LogP) is 0.416. The minimum absolute atomic E-state index is 0.733. The molecule has 0 spiro atoms. The lowest BCUT2D eigenvalue weighted by Gasteiger charge is -1.94. The average molecular weight is 146 g/mol. The van der Waals surface area contributed by atoms with Crippen LogP contribution in [0.3, 0.4) is 0 Å². The van der Waals surface area contributed by atoms with E-state index in [-0.39, 0.29) is 0 Å². The first kappa shape index (κ1) is 8.10. The maximum Gasteiger partial charge on any atom is 0.335 e. The summed E-state index contributed by atoms with van der Waals surface area (Å²) in [6.07, 6.45) is 7.47. The van der Waals surface area contributed by atoms with Crippen LogP contribution in [0.15, 0.2) is 24.5 Å². The van der Waals surface area contributed by atoms with Gasteiger partial charge in [-0.3, -0.25) is 0 Å². The van der Waals surface area contributed by atoms with Crippen molar-refractivity contribution >= 4 is 11.6 Å². The van der Waals surface area contributed by atoms with Crippen LogP contribution in [0.25, 0.3) is 0 Å². The van der Waals surface area contributed by atoms with Crippen LogP contribution in [0, 0.1) is 0 Å². The van der Waals surface area contributed by atoms with Crippen LogP contribution in [0.5, 0.6) is 0 Å². The van der Waals surface area contributed by atoms with Crippen LogP contribution in [-0.2, 0) is 16.3 Å². The first-order valence-corrected chi connectivity index (χ1v) is 2.93. The number of allylic oxidation sites excluding steroid dienone is 2. The Morgan fingerprint density at radius 2 is 2.00 bits per heavy atom. The molecule has 0 saturated carbocycles. The molecule has 0 aromatic carbocycles. The molecule has 0 saturated heterocycles. The molecular weight excluding hydrogens is 140 g/mol. The molecule has 4 heteroatoms. The van der Waals surface area contributed by atoms with Crippen LogP contribution in [0.1, 0.15) is 0 Å². The van der Waals surface area contributed by atoms with Gasteiger partial charge in [0.25, 0.3) is 0 Å². The number of rotatable bonds is 0. The third-order valence-electron chi connectivity index (χ3n) is 0.614. The van der Waals surface area contributed by atoms with Crippen molar-refractivity contribution < 1.29 is 13.2 Å². The lowest BCUT2D eigenvalue weighted by atomic mass is 10.5. The van der Waals surface area contributed by atoms with Gasteiger partial charge in [0.1, 0.15) is 6.61 Å². The van der Waals surface area contributed by atoms with Gasteiger partial charge in [-0.05, 0) is 12.2 Å². The first-order valence-electron chi connectivity index (χ1n) is 2.27. The first-order chi connectivity index (χ1) is 4.41. The molecule has 0 radical (unpaired) electrons. The third-order valence-corrected chi connectivity index (χ3v) is 0.614. The standard InChI is InChI=1S/C5H6O.O2S/c1-2-4-6-5-3-1;1-3-2/h1-4H,5H2;. The van der Waals surface area contributed by atoms with Crippen molar-refractivity contribution in [3.8, 4) is 0 Å². The van der Waals surface area contributed by atoms with Gasteiger partial charge in [0.2, 0.25) is 0 Å². The summed E-state index contributed by atoms with van der Waals surface area (Å²) in [5, 5.41) is 0. The lowest BCUT2D eigenvalue weighted by Crippen LogP contribution is -1.82. The van der Waals surface area contributed by atoms with Gasteiger partial charge in [0.15, 0.2) is 0 Å². The van der Waals surface area contributed by atoms with Gasteiger partial charge >= 0.3 is 11.6 Å². The highest BCUT2D eigenvalue weighted by molar-refractivity contribution is 7.51. The van der Waals surface area contributed by atoms with E-state index in [0.29, 0.717) is 0 Å². The second kappa shape index (κ2) is 7.10. The molecule has 1 heterocycles. The Bertz CT molecular complexity index is 132. The summed E-state index contributed by atoms with van der Waals surface area (Å²) in [7, 11) is 0. The van der Waals surface area contributed by atoms with Crippen LogP contribution in [0.4, 0.5) is 0 Å². The number of hydrogen-bond acceptors (Lipinski definition) is 3. The van der Waals surface area contributed by atoms with Gasteiger partial charge in [0.05, 0.1) is 6.26 Å². The molecule has 50 valence electrons. The Morgan fingerprint density at radius 3 is 2.11 bits per heavy atom. The topological polar surface area (TPSA) is 43.4 Å². The Kier molecular flexibility index (Phi) is 6.39. The van der Waals surface area contributed by atoms with Crippen molar-refractivity contribution in [1.29, 1.82) is 0 Å². The largest absolute Gasteiger partial charge is 0.497 e. The van der Waals surface area contributed by atoms with E-state index in [1.165, 1.54) is 0 Å². The highest BCUT2D eigenvalue weighted by Crippen LogP contribution is 1.87. The van der Waals surface area contributed by atoms with E-state index < -0.39 is 11.6 Å². The Hall–Kier alpha value is -0.900. The average Bonchev–Trinajstić information content (AvgIpc) is 1.93. The van der Waals surface area contributed by atoms with E-state index in [4.69, 9.17) is 13.2 Å².